The third-order valence-corrected chi connectivity index (χ3v) is 4.74. The molecular weight excluding hydrogens is 492 g/mol. The molecule has 0 fully saturated rings. The van der Waals surface area contributed by atoms with Crippen LogP contribution in [0.25, 0.3) is 0 Å². The van der Waals surface area contributed by atoms with Gasteiger partial charge in [-0.2, -0.15) is 5.10 Å². The molecule has 0 bridgehead atoms. The highest BCUT2D eigenvalue weighted by Crippen LogP contribution is 2.21. The number of hydrogen-bond donors (Lipinski definition) is 3. The molecule has 1 heterocycles. The van der Waals surface area contributed by atoms with E-state index in [-0.39, 0.29) is 25.6 Å². The van der Waals surface area contributed by atoms with Gasteiger partial charge < -0.3 is 19.8 Å². The van der Waals surface area contributed by atoms with Gasteiger partial charge in [-0.05, 0) is 35.9 Å². The Morgan fingerprint density at radius 2 is 1.79 bits per heavy atom. The molecule has 3 N–H and O–H groups in total. The maximum absolute atomic E-state index is 12.0. The molecule has 0 unspecified atom stereocenters. The molecule has 3 amide bonds. The molecule has 9 nitrogen and oxygen atoms in total. The van der Waals surface area contributed by atoms with Gasteiger partial charge >= 0.3 is 11.8 Å². The zero-order valence-corrected chi connectivity index (χ0v) is 19.0. The normalized spacial score (nSPS) is 10.6. The van der Waals surface area contributed by atoms with Gasteiger partial charge in [0.1, 0.15) is 11.5 Å². The Hall–Kier alpha value is -3.92. The molecule has 3 rings (SSSR count). The van der Waals surface area contributed by atoms with Crippen molar-refractivity contribution in [2.75, 3.05) is 6.61 Å². The highest BCUT2D eigenvalue weighted by Gasteiger charge is 2.12. The molecule has 0 saturated carbocycles. The number of halogens is 1. The van der Waals surface area contributed by atoms with Gasteiger partial charge in [0.05, 0.1) is 19.0 Å². The molecule has 33 heavy (non-hydrogen) atoms. The Balaban J connectivity index is 1.49. The lowest BCUT2D eigenvalue weighted by Gasteiger charge is -2.09. The van der Waals surface area contributed by atoms with E-state index in [1.807, 2.05) is 30.3 Å². The molecule has 0 aliphatic rings. The maximum atomic E-state index is 12.0. The lowest BCUT2D eigenvalue weighted by Crippen LogP contribution is -2.37. The average molecular weight is 513 g/mol. The number of carbonyl (C=O) groups is 3. The fourth-order valence-electron chi connectivity index (χ4n) is 2.61. The van der Waals surface area contributed by atoms with E-state index in [0.717, 1.165) is 10.0 Å². The minimum absolute atomic E-state index is 0.225. The largest absolute Gasteiger partial charge is 0.483 e. The average Bonchev–Trinajstić information content (AvgIpc) is 3.35. The Morgan fingerprint density at radius 3 is 2.55 bits per heavy atom. The second-order valence-electron chi connectivity index (χ2n) is 6.69. The summed E-state index contributed by atoms with van der Waals surface area (Å²) < 4.78 is 11.5. The van der Waals surface area contributed by atoms with Crippen LogP contribution in [0.1, 0.15) is 16.9 Å². The van der Waals surface area contributed by atoms with Crippen molar-refractivity contribution in [2.24, 2.45) is 5.10 Å². The summed E-state index contributed by atoms with van der Waals surface area (Å²) in [6.45, 7) is 0.252. The molecule has 3 aromatic rings. The fourth-order valence-corrected chi connectivity index (χ4v) is 2.99. The highest BCUT2D eigenvalue weighted by atomic mass is 79.9. The number of benzene rings is 2. The van der Waals surface area contributed by atoms with Crippen LogP contribution in [-0.4, -0.2) is 30.5 Å². The first-order valence-electron chi connectivity index (χ1n) is 9.88. The monoisotopic (exact) mass is 512 g/mol. The topological polar surface area (TPSA) is 122 Å². The molecule has 2 aromatic carbocycles. The van der Waals surface area contributed by atoms with E-state index in [1.165, 1.54) is 12.5 Å². The summed E-state index contributed by atoms with van der Waals surface area (Å²) in [5.74, 6) is -1.05. The van der Waals surface area contributed by atoms with Gasteiger partial charge in [0.2, 0.25) is 0 Å². The lowest BCUT2D eigenvalue weighted by atomic mass is 10.2. The van der Waals surface area contributed by atoms with E-state index in [1.54, 1.807) is 30.3 Å². The fraction of sp³-hybridized carbons (Fsp3) is 0.130. The SMILES string of the molecule is O=C(COc1ccc(Br)cc1/C=N\NC(=O)C(=O)NCc1ccccc1)NCc1ccco1. The molecule has 1 aromatic heterocycles. The highest BCUT2D eigenvalue weighted by molar-refractivity contribution is 9.10. The van der Waals surface area contributed by atoms with Gasteiger partial charge in [-0.1, -0.05) is 46.3 Å². The number of carbonyl (C=O) groups excluding carboxylic acids is 3. The number of nitrogens with one attached hydrogen (secondary N) is 3. The summed E-state index contributed by atoms with van der Waals surface area (Å²) >= 11 is 3.35. The van der Waals surface area contributed by atoms with Crippen LogP contribution in [0.5, 0.6) is 5.75 Å². The van der Waals surface area contributed by atoms with Gasteiger partial charge in [-0.3, -0.25) is 14.4 Å². The van der Waals surface area contributed by atoms with E-state index in [2.05, 4.69) is 37.1 Å². The quantitative estimate of drug-likeness (QED) is 0.231. The van der Waals surface area contributed by atoms with Crippen molar-refractivity contribution < 1.29 is 23.5 Å². The van der Waals surface area contributed by atoms with Crippen molar-refractivity contribution in [1.29, 1.82) is 0 Å². The van der Waals surface area contributed by atoms with E-state index in [9.17, 15) is 14.4 Å². The summed E-state index contributed by atoms with van der Waals surface area (Å²) in [7, 11) is 0. The standard InChI is InChI=1S/C23H21BrN4O5/c24-18-8-9-20(33-15-21(29)25-14-19-7-4-10-32-19)17(11-18)13-27-28-23(31)22(30)26-12-16-5-2-1-3-6-16/h1-11,13H,12,14-15H2,(H,25,29)(H,26,30)(H,28,31)/b27-13-. The summed E-state index contributed by atoms with van der Waals surface area (Å²) in [6, 6.07) is 17.8. The Morgan fingerprint density at radius 1 is 0.970 bits per heavy atom. The molecule has 0 aliphatic carbocycles. The van der Waals surface area contributed by atoms with Crippen LogP contribution in [0.3, 0.4) is 0 Å². The van der Waals surface area contributed by atoms with Gasteiger partial charge in [0, 0.05) is 16.6 Å². The van der Waals surface area contributed by atoms with E-state index in [4.69, 9.17) is 9.15 Å². The summed E-state index contributed by atoms with van der Waals surface area (Å²) in [4.78, 5) is 35.9. The van der Waals surface area contributed by atoms with Crippen molar-refractivity contribution in [3.8, 4) is 5.75 Å². The molecular formula is C23H21BrN4O5. The van der Waals surface area contributed by atoms with Crippen LogP contribution < -0.4 is 20.8 Å². The summed E-state index contributed by atoms with van der Waals surface area (Å²) in [5.41, 5.74) is 3.53. The van der Waals surface area contributed by atoms with E-state index >= 15 is 0 Å². The predicted molar refractivity (Wildman–Crippen MR) is 124 cm³/mol. The Bertz CT molecular complexity index is 1120. The molecule has 0 aliphatic heterocycles. The van der Waals surface area contributed by atoms with E-state index in [0.29, 0.717) is 17.1 Å². The van der Waals surface area contributed by atoms with Crippen LogP contribution in [-0.2, 0) is 27.5 Å². The first kappa shape index (κ1) is 23.7. The van der Waals surface area contributed by atoms with Crippen LogP contribution in [0.2, 0.25) is 0 Å². The number of nitrogens with zero attached hydrogens (tertiary/aromatic N) is 1. The van der Waals surface area contributed by atoms with Gasteiger partial charge in [0.15, 0.2) is 6.61 Å². The molecule has 10 heteroatoms. The minimum atomic E-state index is -0.906. The third-order valence-electron chi connectivity index (χ3n) is 4.24. The molecule has 0 spiro atoms. The van der Waals surface area contributed by atoms with E-state index < -0.39 is 11.8 Å². The van der Waals surface area contributed by atoms with Gasteiger partial charge in [0.25, 0.3) is 5.91 Å². The number of hydrazone groups is 1. The molecule has 0 atom stereocenters. The van der Waals surface area contributed by atoms with Crippen molar-refractivity contribution in [3.05, 3.63) is 88.3 Å². The van der Waals surface area contributed by atoms with Crippen LogP contribution in [0.4, 0.5) is 0 Å². The number of ether oxygens (including phenoxy) is 1. The first-order chi connectivity index (χ1) is 16.0. The zero-order chi connectivity index (χ0) is 23.5. The molecule has 170 valence electrons. The molecule has 0 radical (unpaired) electrons. The van der Waals surface area contributed by atoms with Crippen molar-refractivity contribution in [3.63, 3.8) is 0 Å². The minimum Gasteiger partial charge on any atom is -0.483 e. The van der Waals surface area contributed by atoms with Crippen LogP contribution >= 0.6 is 15.9 Å². The second kappa shape index (κ2) is 12.2. The number of rotatable bonds is 9. The lowest BCUT2D eigenvalue weighted by molar-refractivity contribution is -0.139. The van der Waals surface area contributed by atoms with Gasteiger partial charge in [-0.15, -0.1) is 0 Å². The van der Waals surface area contributed by atoms with Gasteiger partial charge in [-0.25, -0.2) is 5.43 Å². The van der Waals surface area contributed by atoms with Crippen LogP contribution in [0.15, 0.2) is 80.9 Å². The Kier molecular flexibility index (Phi) is 8.78. The maximum Gasteiger partial charge on any atom is 0.329 e. The zero-order valence-electron chi connectivity index (χ0n) is 17.4. The summed E-state index contributed by atoms with van der Waals surface area (Å²) in [6.07, 6.45) is 2.85. The summed E-state index contributed by atoms with van der Waals surface area (Å²) in [5, 5.41) is 9.01. The smallest absolute Gasteiger partial charge is 0.329 e. The van der Waals surface area contributed by atoms with Crippen LogP contribution in [0, 0.1) is 0 Å². The number of amides is 3. The second-order valence-corrected chi connectivity index (χ2v) is 7.61. The van der Waals surface area contributed by atoms with Crippen molar-refractivity contribution >= 4 is 39.9 Å². The predicted octanol–water partition coefficient (Wildman–Crippen LogP) is 2.50. The van der Waals surface area contributed by atoms with Crippen molar-refractivity contribution in [2.45, 2.75) is 13.1 Å². The third kappa shape index (κ3) is 7.93. The number of hydrogen-bond acceptors (Lipinski definition) is 6. The van der Waals surface area contributed by atoms with Crippen molar-refractivity contribution in [1.82, 2.24) is 16.1 Å². The Labute approximate surface area is 198 Å². The number of furan rings is 1. The molecule has 0 saturated heterocycles. The first-order valence-corrected chi connectivity index (χ1v) is 10.7.